The number of rotatable bonds is 32. The van der Waals surface area contributed by atoms with Gasteiger partial charge in [0.25, 0.3) is 17.7 Å². The molecule has 4 aromatic rings. The Bertz CT molecular complexity index is 2910. The molecule has 458 valence electrons. The number of nitrogens with two attached hydrogens (primary N) is 2. The highest BCUT2D eigenvalue weighted by molar-refractivity contribution is 6.13. The first-order chi connectivity index (χ1) is 41.1. The van der Waals surface area contributed by atoms with Crippen molar-refractivity contribution in [3.05, 3.63) is 96.1 Å². The number of urea groups is 1. The molecule has 27 heteroatoms. The number of carbonyl (C=O) groups is 8. The first kappa shape index (κ1) is 65.4. The van der Waals surface area contributed by atoms with E-state index in [1.807, 2.05) is 31.3 Å². The van der Waals surface area contributed by atoms with Gasteiger partial charge in [-0.3, -0.25) is 38.7 Å². The standard InChI is InChI=1S/C58H77N13O14/c1-38(2)51(69-48(72)19-26-80-28-30-82-32-33-83-31-29-81-27-24-71-49(73)16-17-50(71)74)55(76)67-43(9-6-20-62-57(60)78)54(75)65-42-13-10-39(11-14-42)37-85-58(79)63-21-7-25-84-47-15-12-40-34-41(47)8-4-5-23-70(3)46-18-22-61-35-45(46)68-56(77)52-53(59)64-36-44(40)66-52/h10-18,22,34-36,38,43,51H,4-9,19-21,23-33,37H2,1-3H3,(H2,59,64)(H,63,79)(H,65,75)(H,67,76)(H,68,77)(H,69,72)(H3,60,62,78). The molecule has 0 spiro atoms. The van der Waals surface area contributed by atoms with Crippen LogP contribution in [-0.2, 0) is 60.7 Å². The molecule has 2 aliphatic rings. The number of primary amides is 1. The summed E-state index contributed by atoms with van der Waals surface area (Å²) in [7, 11) is 1.95. The van der Waals surface area contributed by atoms with E-state index in [0.717, 1.165) is 41.1 Å². The fourth-order valence-corrected chi connectivity index (χ4v) is 8.68. The van der Waals surface area contributed by atoms with E-state index in [-0.39, 0.29) is 108 Å². The first-order valence-corrected chi connectivity index (χ1v) is 28.2. The molecule has 0 saturated heterocycles. The average Bonchev–Trinajstić information content (AvgIpc) is 3.43. The van der Waals surface area contributed by atoms with Crippen molar-refractivity contribution in [1.29, 1.82) is 0 Å². The zero-order chi connectivity index (χ0) is 60.9. The van der Waals surface area contributed by atoms with Crippen LogP contribution in [-0.4, -0.2) is 172 Å². The minimum absolute atomic E-state index is 0.00345. The Labute approximate surface area is 493 Å². The Hall–Kier alpha value is -8.79. The van der Waals surface area contributed by atoms with E-state index < -0.39 is 47.8 Å². The monoisotopic (exact) mass is 1180 g/mol. The summed E-state index contributed by atoms with van der Waals surface area (Å²) in [5.74, 6) is -2.45. The van der Waals surface area contributed by atoms with Crippen LogP contribution in [0.3, 0.4) is 0 Å². The lowest BCUT2D eigenvalue weighted by atomic mass is 10.0. The summed E-state index contributed by atoms with van der Waals surface area (Å²) in [6, 6.07) is 11.3. The van der Waals surface area contributed by atoms with Crippen LogP contribution in [0.4, 0.5) is 32.5 Å². The van der Waals surface area contributed by atoms with Crippen LogP contribution >= 0.6 is 0 Å². The van der Waals surface area contributed by atoms with Gasteiger partial charge in [0, 0.05) is 62.7 Å². The topological polar surface area (TPSA) is 361 Å². The maximum Gasteiger partial charge on any atom is 0.407 e. The fourth-order valence-electron chi connectivity index (χ4n) is 8.68. The molecular weight excluding hydrogens is 1100 g/mol. The van der Waals surface area contributed by atoms with Gasteiger partial charge in [-0.2, -0.15) is 0 Å². The van der Waals surface area contributed by atoms with Crippen molar-refractivity contribution in [2.75, 3.05) is 114 Å². The van der Waals surface area contributed by atoms with E-state index in [4.69, 9.17) is 39.9 Å². The minimum Gasteiger partial charge on any atom is -0.493 e. The largest absolute Gasteiger partial charge is 0.493 e. The van der Waals surface area contributed by atoms with Gasteiger partial charge in [-0.15, -0.1) is 0 Å². The van der Waals surface area contributed by atoms with E-state index in [2.05, 4.69) is 51.8 Å². The maximum atomic E-state index is 13.7. The number of hydrogen-bond donors (Lipinski definition) is 8. The van der Waals surface area contributed by atoms with Crippen molar-refractivity contribution in [3.8, 4) is 17.0 Å². The molecule has 2 aromatic carbocycles. The van der Waals surface area contributed by atoms with Gasteiger partial charge in [0.1, 0.15) is 24.4 Å². The second kappa shape index (κ2) is 34.7. The number of pyridine rings is 1. The zero-order valence-corrected chi connectivity index (χ0v) is 48.2. The third-order valence-corrected chi connectivity index (χ3v) is 13.3. The summed E-state index contributed by atoms with van der Waals surface area (Å²) < 4.78 is 33.5. The maximum absolute atomic E-state index is 13.7. The van der Waals surface area contributed by atoms with E-state index in [1.54, 1.807) is 50.5 Å². The zero-order valence-electron chi connectivity index (χ0n) is 48.2. The molecule has 9 amide bonds. The number of amides is 9. The summed E-state index contributed by atoms with van der Waals surface area (Å²) in [5, 5.41) is 16.4. The number of carbonyl (C=O) groups excluding carboxylic acids is 8. The van der Waals surface area contributed by atoms with Crippen LogP contribution in [0.5, 0.6) is 5.75 Å². The molecule has 27 nitrogen and oxygen atoms in total. The molecule has 0 saturated carbocycles. The number of benzene rings is 2. The van der Waals surface area contributed by atoms with Crippen LogP contribution in [0.1, 0.15) is 74.0 Å². The molecule has 2 aromatic heterocycles. The highest BCUT2D eigenvalue weighted by Crippen LogP contribution is 2.30. The van der Waals surface area contributed by atoms with Gasteiger partial charge in [0.05, 0.1) is 95.5 Å². The number of aryl methyl sites for hydroxylation is 1. The molecule has 2 atom stereocenters. The lowest BCUT2D eigenvalue weighted by molar-refractivity contribution is -0.137. The SMILES string of the molecule is CC(C)C(NC(=O)CCOCCOCCOCCOCCN1C(=O)C=CC1=O)C(=O)NC(CCCNC(N)=O)C(=O)Nc1ccc(COC(=O)NCCCOc2ccc3cc2CCCCN(C)c2ccncc2NC(=O)c2nc-3cnc2N)cc1. The molecule has 6 rings (SSSR count). The van der Waals surface area contributed by atoms with Crippen LogP contribution in [0.25, 0.3) is 11.3 Å². The Kier molecular flexibility index (Phi) is 26.7. The molecule has 10 N–H and O–H groups in total. The summed E-state index contributed by atoms with van der Waals surface area (Å²) in [4.78, 5) is 117. The van der Waals surface area contributed by atoms with E-state index in [1.165, 1.54) is 18.3 Å². The Morgan fingerprint density at radius 2 is 1.47 bits per heavy atom. The van der Waals surface area contributed by atoms with Gasteiger partial charge in [-0.25, -0.2) is 19.6 Å². The van der Waals surface area contributed by atoms with Gasteiger partial charge >= 0.3 is 12.1 Å². The quantitative estimate of drug-likeness (QED) is 0.0257. The highest BCUT2D eigenvalue weighted by Gasteiger charge is 2.29. The predicted molar refractivity (Wildman–Crippen MR) is 313 cm³/mol. The number of imide groups is 1. The normalized spacial score (nSPS) is 13.9. The molecule has 4 heterocycles. The third-order valence-electron chi connectivity index (χ3n) is 13.3. The number of alkyl carbamates (subject to hydrolysis) is 1. The van der Waals surface area contributed by atoms with E-state index >= 15 is 0 Å². The number of ether oxygens (including phenoxy) is 6. The molecule has 2 aliphatic heterocycles. The molecule has 2 unspecified atom stereocenters. The molecule has 4 bridgehead atoms. The number of hydrogen-bond acceptors (Lipinski definition) is 19. The van der Waals surface area contributed by atoms with E-state index in [0.29, 0.717) is 67.7 Å². The Morgan fingerprint density at radius 1 is 0.776 bits per heavy atom. The molecule has 0 fully saturated rings. The van der Waals surface area contributed by atoms with E-state index in [9.17, 15) is 38.4 Å². The fraction of sp³-hybridized carbons (Fsp3) is 0.466. The molecule has 85 heavy (non-hydrogen) atoms. The molecule has 0 radical (unpaired) electrons. The van der Waals surface area contributed by atoms with Crippen molar-refractivity contribution in [1.82, 2.24) is 41.1 Å². The second-order valence-corrected chi connectivity index (χ2v) is 20.1. The van der Waals surface area contributed by atoms with Crippen molar-refractivity contribution in [3.63, 3.8) is 0 Å². The lowest BCUT2D eigenvalue weighted by Gasteiger charge is -2.25. The molecular formula is C58H77N13O14. The number of nitrogen functional groups attached to an aromatic ring is 1. The summed E-state index contributed by atoms with van der Waals surface area (Å²) in [6.45, 7) is 7.02. The van der Waals surface area contributed by atoms with Gasteiger partial charge in [0.2, 0.25) is 17.7 Å². The first-order valence-electron chi connectivity index (χ1n) is 28.2. The predicted octanol–water partition coefficient (Wildman–Crippen LogP) is 3.24. The second-order valence-electron chi connectivity index (χ2n) is 20.1. The Morgan fingerprint density at radius 3 is 2.18 bits per heavy atom. The van der Waals surface area contributed by atoms with Crippen LogP contribution < -0.4 is 53.0 Å². The van der Waals surface area contributed by atoms with Crippen LogP contribution in [0, 0.1) is 5.92 Å². The minimum atomic E-state index is -1.06. The highest BCUT2D eigenvalue weighted by atomic mass is 16.6. The number of nitrogens with one attached hydrogen (secondary N) is 6. The van der Waals surface area contributed by atoms with Crippen molar-refractivity contribution >= 4 is 70.4 Å². The number of aromatic nitrogens is 3. The number of fused-ring (bicyclic) bond motifs is 6. The van der Waals surface area contributed by atoms with Crippen molar-refractivity contribution in [2.45, 2.75) is 77.5 Å². The van der Waals surface area contributed by atoms with Gasteiger partial charge in [0.15, 0.2) is 11.5 Å². The summed E-state index contributed by atoms with van der Waals surface area (Å²) >= 11 is 0. The number of anilines is 4. The van der Waals surface area contributed by atoms with Crippen molar-refractivity contribution in [2.24, 2.45) is 11.7 Å². The van der Waals surface area contributed by atoms with Gasteiger partial charge < -0.3 is 76.7 Å². The average molecular weight is 1180 g/mol. The molecule has 0 aliphatic carbocycles. The Balaban J connectivity index is 0.882. The van der Waals surface area contributed by atoms with Gasteiger partial charge in [-0.05, 0) is 92.0 Å². The van der Waals surface area contributed by atoms with Crippen LogP contribution in [0.2, 0.25) is 0 Å². The number of nitrogens with zero attached hydrogens (tertiary/aromatic N) is 5. The lowest BCUT2D eigenvalue weighted by Crippen LogP contribution is -2.54. The smallest absolute Gasteiger partial charge is 0.407 e. The van der Waals surface area contributed by atoms with Gasteiger partial charge in [-0.1, -0.05) is 26.0 Å². The summed E-state index contributed by atoms with van der Waals surface area (Å²) in [5.41, 5.74) is 15.9. The van der Waals surface area contributed by atoms with Crippen molar-refractivity contribution < 1.29 is 66.8 Å². The van der Waals surface area contributed by atoms with Crippen LogP contribution in [0.15, 0.2) is 79.3 Å². The third kappa shape index (κ3) is 22.0. The summed E-state index contributed by atoms with van der Waals surface area (Å²) in [6.07, 6.45) is 9.86.